The summed E-state index contributed by atoms with van der Waals surface area (Å²) in [6.07, 6.45) is 0. The van der Waals surface area contributed by atoms with E-state index in [1.807, 2.05) is 31.2 Å². The minimum atomic E-state index is 0.0546. The molecule has 0 spiro atoms. The van der Waals surface area contributed by atoms with Crippen molar-refractivity contribution in [2.75, 3.05) is 6.54 Å². The van der Waals surface area contributed by atoms with E-state index in [4.69, 9.17) is 22.5 Å². The highest BCUT2D eigenvalue weighted by Crippen LogP contribution is 2.21. The maximum atomic E-state index is 8.37. The average molecular weight is 228 g/mol. The van der Waals surface area contributed by atoms with Crippen LogP contribution in [0.3, 0.4) is 0 Å². The van der Waals surface area contributed by atoms with Crippen molar-refractivity contribution in [1.82, 2.24) is 5.32 Å². The molecule has 0 aliphatic rings. The van der Waals surface area contributed by atoms with E-state index in [9.17, 15) is 0 Å². The molecular weight excluding hydrogens is 214 g/mol. The molecule has 1 aromatic carbocycles. The van der Waals surface area contributed by atoms with Crippen molar-refractivity contribution >= 4 is 17.4 Å². The summed E-state index contributed by atoms with van der Waals surface area (Å²) < 4.78 is 0. The number of nitrogens with two attached hydrogens (primary N) is 1. The van der Waals surface area contributed by atoms with Gasteiger partial charge in [-0.15, -0.1) is 0 Å². The van der Waals surface area contributed by atoms with Gasteiger partial charge in [-0.2, -0.15) is 0 Å². The number of benzene rings is 1. The van der Waals surface area contributed by atoms with Crippen LogP contribution in [0.15, 0.2) is 29.4 Å². The van der Waals surface area contributed by atoms with Gasteiger partial charge in [-0.05, 0) is 18.6 Å². The predicted octanol–water partition coefficient (Wildman–Crippen LogP) is 1.74. The zero-order valence-electron chi connectivity index (χ0n) is 8.44. The highest BCUT2D eigenvalue weighted by Gasteiger charge is 2.08. The van der Waals surface area contributed by atoms with Crippen LogP contribution in [0.4, 0.5) is 0 Å². The Morgan fingerprint density at radius 3 is 2.87 bits per heavy atom. The molecule has 15 heavy (non-hydrogen) atoms. The number of nitrogens with zero attached hydrogens (tertiary/aromatic N) is 1. The van der Waals surface area contributed by atoms with Crippen molar-refractivity contribution < 1.29 is 5.21 Å². The van der Waals surface area contributed by atoms with Crippen molar-refractivity contribution in [2.24, 2.45) is 10.9 Å². The molecule has 82 valence electrons. The lowest BCUT2D eigenvalue weighted by atomic mass is 10.1. The molecule has 0 amide bonds. The molecule has 0 radical (unpaired) electrons. The highest BCUT2D eigenvalue weighted by atomic mass is 35.5. The first-order valence-electron chi connectivity index (χ1n) is 4.59. The summed E-state index contributed by atoms with van der Waals surface area (Å²) in [5.74, 6) is 0.147. The highest BCUT2D eigenvalue weighted by molar-refractivity contribution is 6.31. The summed E-state index contributed by atoms with van der Waals surface area (Å²) in [6.45, 7) is 2.29. The summed E-state index contributed by atoms with van der Waals surface area (Å²) in [6, 6.07) is 7.62. The third kappa shape index (κ3) is 3.42. The lowest BCUT2D eigenvalue weighted by Gasteiger charge is -2.14. The largest absolute Gasteiger partial charge is 0.409 e. The van der Waals surface area contributed by atoms with E-state index in [0.29, 0.717) is 11.6 Å². The van der Waals surface area contributed by atoms with E-state index < -0.39 is 0 Å². The Bertz CT molecular complexity index is 354. The van der Waals surface area contributed by atoms with Gasteiger partial charge in [0.1, 0.15) is 0 Å². The fourth-order valence-corrected chi connectivity index (χ4v) is 1.53. The second kappa shape index (κ2) is 5.58. The summed E-state index contributed by atoms with van der Waals surface area (Å²) in [5.41, 5.74) is 6.33. The number of hydrogen-bond acceptors (Lipinski definition) is 3. The first kappa shape index (κ1) is 11.8. The molecule has 1 atom stereocenters. The van der Waals surface area contributed by atoms with Crippen LogP contribution < -0.4 is 11.1 Å². The third-order valence-electron chi connectivity index (χ3n) is 2.09. The van der Waals surface area contributed by atoms with Gasteiger partial charge in [0.05, 0.1) is 6.54 Å². The Kier molecular flexibility index (Phi) is 4.39. The molecule has 1 rings (SSSR count). The van der Waals surface area contributed by atoms with Crippen LogP contribution in [0.2, 0.25) is 5.02 Å². The molecule has 1 aromatic rings. The maximum Gasteiger partial charge on any atom is 0.153 e. The maximum absolute atomic E-state index is 8.37. The number of oxime groups is 1. The monoisotopic (exact) mass is 227 g/mol. The minimum Gasteiger partial charge on any atom is -0.409 e. The van der Waals surface area contributed by atoms with E-state index in [2.05, 4.69) is 10.5 Å². The SMILES string of the molecule is C[C@@H](NC/C(N)=N/O)c1ccccc1Cl. The number of amidine groups is 1. The molecule has 5 heteroatoms. The topological polar surface area (TPSA) is 70.6 Å². The van der Waals surface area contributed by atoms with Crippen molar-refractivity contribution in [3.8, 4) is 0 Å². The second-order valence-corrected chi connectivity index (χ2v) is 3.62. The molecule has 0 aliphatic heterocycles. The standard InChI is InChI=1S/C10H14ClN3O/c1-7(13-6-10(12)14-15)8-4-2-3-5-9(8)11/h2-5,7,13,15H,6H2,1H3,(H2,12,14)/t7-/m1/s1. The molecular formula is C10H14ClN3O. The van der Waals surface area contributed by atoms with Crippen LogP contribution in [0.25, 0.3) is 0 Å². The van der Waals surface area contributed by atoms with E-state index in [1.54, 1.807) is 0 Å². The zero-order valence-corrected chi connectivity index (χ0v) is 9.20. The van der Waals surface area contributed by atoms with Gasteiger partial charge in [0.2, 0.25) is 0 Å². The normalized spacial score (nSPS) is 13.9. The quantitative estimate of drug-likeness (QED) is 0.318. The Hall–Kier alpha value is -1.26. The summed E-state index contributed by atoms with van der Waals surface area (Å²) >= 11 is 6.02. The van der Waals surface area contributed by atoms with Crippen LogP contribution in [0.1, 0.15) is 18.5 Å². The van der Waals surface area contributed by atoms with Crippen LogP contribution in [-0.2, 0) is 0 Å². The molecule has 0 aliphatic carbocycles. The number of nitrogens with one attached hydrogen (secondary N) is 1. The van der Waals surface area contributed by atoms with Gasteiger partial charge < -0.3 is 16.3 Å². The molecule has 0 unspecified atom stereocenters. The lowest BCUT2D eigenvalue weighted by Crippen LogP contribution is -2.30. The molecule has 0 saturated heterocycles. The van der Waals surface area contributed by atoms with Gasteiger partial charge in [-0.25, -0.2) is 0 Å². The first-order chi connectivity index (χ1) is 7.15. The Labute approximate surface area is 93.7 Å². The van der Waals surface area contributed by atoms with Gasteiger partial charge in [0.15, 0.2) is 5.84 Å². The molecule has 0 aromatic heterocycles. The number of halogens is 1. The number of rotatable bonds is 4. The van der Waals surface area contributed by atoms with E-state index >= 15 is 0 Å². The van der Waals surface area contributed by atoms with Crippen LogP contribution in [0, 0.1) is 0 Å². The van der Waals surface area contributed by atoms with Gasteiger partial charge >= 0.3 is 0 Å². The third-order valence-corrected chi connectivity index (χ3v) is 2.43. The molecule has 0 bridgehead atoms. The smallest absolute Gasteiger partial charge is 0.153 e. The zero-order chi connectivity index (χ0) is 11.3. The van der Waals surface area contributed by atoms with Crippen LogP contribution in [0.5, 0.6) is 0 Å². The Morgan fingerprint density at radius 2 is 2.27 bits per heavy atom. The first-order valence-corrected chi connectivity index (χ1v) is 4.97. The van der Waals surface area contributed by atoms with Crippen molar-refractivity contribution in [3.63, 3.8) is 0 Å². The molecule has 4 N–H and O–H groups in total. The molecule has 4 nitrogen and oxygen atoms in total. The second-order valence-electron chi connectivity index (χ2n) is 3.22. The van der Waals surface area contributed by atoms with Gasteiger partial charge in [-0.3, -0.25) is 0 Å². The molecule has 0 saturated carbocycles. The van der Waals surface area contributed by atoms with Crippen molar-refractivity contribution in [3.05, 3.63) is 34.9 Å². The van der Waals surface area contributed by atoms with E-state index in [1.165, 1.54) is 0 Å². The molecule has 0 heterocycles. The van der Waals surface area contributed by atoms with E-state index in [-0.39, 0.29) is 11.9 Å². The van der Waals surface area contributed by atoms with Crippen molar-refractivity contribution in [2.45, 2.75) is 13.0 Å². The van der Waals surface area contributed by atoms with Gasteiger partial charge in [0, 0.05) is 11.1 Å². The van der Waals surface area contributed by atoms with Gasteiger partial charge in [-0.1, -0.05) is 35.0 Å². The Balaban J connectivity index is 2.61. The van der Waals surface area contributed by atoms with Crippen LogP contribution >= 0.6 is 11.6 Å². The van der Waals surface area contributed by atoms with Crippen LogP contribution in [-0.4, -0.2) is 17.6 Å². The van der Waals surface area contributed by atoms with E-state index in [0.717, 1.165) is 5.56 Å². The summed E-state index contributed by atoms with van der Waals surface area (Å²) in [5, 5.41) is 15.0. The predicted molar refractivity (Wildman–Crippen MR) is 61.3 cm³/mol. The number of hydrogen-bond donors (Lipinski definition) is 3. The van der Waals surface area contributed by atoms with Crippen molar-refractivity contribution in [1.29, 1.82) is 0 Å². The Morgan fingerprint density at radius 1 is 1.60 bits per heavy atom. The fraction of sp³-hybridized carbons (Fsp3) is 0.300. The summed E-state index contributed by atoms with van der Waals surface area (Å²) in [4.78, 5) is 0. The summed E-state index contributed by atoms with van der Waals surface area (Å²) in [7, 11) is 0. The lowest BCUT2D eigenvalue weighted by molar-refractivity contribution is 0.316. The average Bonchev–Trinajstić information content (AvgIpc) is 2.26. The van der Waals surface area contributed by atoms with Gasteiger partial charge in [0.25, 0.3) is 0 Å². The molecule has 0 fully saturated rings. The fourth-order valence-electron chi connectivity index (χ4n) is 1.23. The minimum absolute atomic E-state index is 0.0546.